The summed E-state index contributed by atoms with van der Waals surface area (Å²) in [4.78, 5) is 4.20. The maximum atomic E-state index is 4.20. The van der Waals surface area contributed by atoms with Crippen LogP contribution in [0.4, 0.5) is 0 Å². The van der Waals surface area contributed by atoms with Gasteiger partial charge in [-0.25, -0.2) is 4.98 Å². The quantitative estimate of drug-likeness (QED) is 0.551. The Morgan fingerprint density at radius 1 is 1.67 bits per heavy atom. The number of rotatable bonds is 1. The molecule has 1 heterocycles. The van der Waals surface area contributed by atoms with Crippen LogP contribution >= 0.6 is 0 Å². The molecule has 0 bridgehead atoms. The molecule has 49 valence electrons. The van der Waals surface area contributed by atoms with E-state index >= 15 is 0 Å². The van der Waals surface area contributed by atoms with Crippen LogP contribution in [0.15, 0.2) is 6.20 Å². The van der Waals surface area contributed by atoms with E-state index in [0.717, 1.165) is 18.1 Å². The van der Waals surface area contributed by atoms with E-state index < -0.39 is 0 Å². The van der Waals surface area contributed by atoms with Crippen LogP contribution in [0.5, 0.6) is 0 Å². The van der Waals surface area contributed by atoms with Crippen molar-refractivity contribution in [2.45, 2.75) is 20.4 Å². The summed E-state index contributed by atoms with van der Waals surface area (Å²) in [7, 11) is 0. The van der Waals surface area contributed by atoms with Gasteiger partial charge in [-0.1, -0.05) is 0 Å². The van der Waals surface area contributed by atoms with Gasteiger partial charge < -0.3 is 4.57 Å². The molecule has 0 atom stereocenters. The van der Waals surface area contributed by atoms with E-state index in [1.165, 1.54) is 0 Å². The van der Waals surface area contributed by atoms with Crippen LogP contribution in [-0.4, -0.2) is 9.55 Å². The highest BCUT2D eigenvalue weighted by Gasteiger charge is 1.95. The van der Waals surface area contributed by atoms with Gasteiger partial charge in [-0.3, -0.25) is 0 Å². The Morgan fingerprint density at radius 2 is 2.33 bits per heavy atom. The van der Waals surface area contributed by atoms with E-state index in [1.54, 1.807) is 0 Å². The molecule has 0 aliphatic rings. The first kappa shape index (κ1) is 6.33. The Morgan fingerprint density at radius 3 is 2.56 bits per heavy atom. The fraction of sp³-hybridized carbons (Fsp3) is 0.429. The van der Waals surface area contributed by atoms with Gasteiger partial charge in [0.25, 0.3) is 0 Å². The van der Waals surface area contributed by atoms with Crippen LogP contribution in [0.3, 0.4) is 0 Å². The van der Waals surface area contributed by atoms with Crippen molar-refractivity contribution in [1.29, 1.82) is 0 Å². The molecule has 0 fully saturated rings. The normalized spacial score (nSPS) is 10.1. The first-order chi connectivity index (χ1) is 4.24. The van der Waals surface area contributed by atoms with Gasteiger partial charge >= 0.3 is 0 Å². The lowest BCUT2D eigenvalue weighted by Gasteiger charge is -1.95. The maximum absolute atomic E-state index is 4.20. The summed E-state index contributed by atoms with van der Waals surface area (Å²) in [5, 5.41) is 0. The SMILES string of the molecule is [CH2]Cn1cc(C)nc1C. The maximum Gasteiger partial charge on any atom is 0.105 e. The summed E-state index contributed by atoms with van der Waals surface area (Å²) in [5.41, 5.74) is 1.07. The Kier molecular flexibility index (Phi) is 1.56. The second-order valence-electron chi connectivity index (χ2n) is 2.12. The summed E-state index contributed by atoms with van der Waals surface area (Å²) in [6, 6.07) is 0. The van der Waals surface area contributed by atoms with Crippen LogP contribution in [0, 0.1) is 20.8 Å². The average molecular weight is 123 g/mol. The fourth-order valence-corrected chi connectivity index (χ4v) is 0.894. The van der Waals surface area contributed by atoms with Crippen molar-refractivity contribution in [3.63, 3.8) is 0 Å². The zero-order valence-corrected chi connectivity index (χ0v) is 5.89. The second kappa shape index (κ2) is 2.21. The molecule has 1 aromatic rings. The minimum atomic E-state index is 0.771. The lowest BCUT2D eigenvalue weighted by Crippen LogP contribution is -1.94. The summed E-state index contributed by atoms with van der Waals surface area (Å²) in [5.74, 6) is 1.04. The van der Waals surface area contributed by atoms with Crippen LogP contribution in [0.2, 0.25) is 0 Å². The van der Waals surface area contributed by atoms with Crippen molar-refractivity contribution in [2.75, 3.05) is 0 Å². The van der Waals surface area contributed by atoms with E-state index in [1.807, 2.05) is 24.6 Å². The molecule has 0 N–H and O–H groups in total. The summed E-state index contributed by atoms with van der Waals surface area (Å²) in [6.07, 6.45) is 2.00. The third kappa shape index (κ3) is 1.12. The van der Waals surface area contributed by atoms with Crippen molar-refractivity contribution in [3.8, 4) is 0 Å². The highest BCUT2D eigenvalue weighted by molar-refractivity contribution is 5.00. The van der Waals surface area contributed by atoms with Crippen LogP contribution < -0.4 is 0 Å². The van der Waals surface area contributed by atoms with Gasteiger partial charge in [0.15, 0.2) is 0 Å². The van der Waals surface area contributed by atoms with Gasteiger partial charge in [0.05, 0.1) is 5.69 Å². The predicted molar refractivity (Wildman–Crippen MR) is 37.1 cm³/mol. The number of imidazole rings is 1. The van der Waals surface area contributed by atoms with E-state index in [2.05, 4.69) is 11.9 Å². The highest BCUT2D eigenvalue weighted by Crippen LogP contribution is 1.98. The molecule has 1 rings (SSSR count). The molecule has 0 saturated heterocycles. The van der Waals surface area contributed by atoms with E-state index in [-0.39, 0.29) is 0 Å². The molecule has 0 unspecified atom stereocenters. The van der Waals surface area contributed by atoms with E-state index in [9.17, 15) is 0 Å². The minimum Gasteiger partial charge on any atom is -0.335 e. The zero-order chi connectivity index (χ0) is 6.85. The number of aryl methyl sites for hydroxylation is 2. The van der Waals surface area contributed by atoms with Crippen molar-refractivity contribution >= 4 is 0 Å². The largest absolute Gasteiger partial charge is 0.335 e. The fourth-order valence-electron chi connectivity index (χ4n) is 0.894. The topological polar surface area (TPSA) is 17.8 Å². The zero-order valence-electron chi connectivity index (χ0n) is 5.89. The molecule has 1 aromatic heterocycles. The van der Waals surface area contributed by atoms with Crippen LogP contribution in [0.25, 0.3) is 0 Å². The third-order valence-electron chi connectivity index (χ3n) is 1.34. The Hall–Kier alpha value is -0.790. The average Bonchev–Trinajstić information content (AvgIpc) is 2.10. The smallest absolute Gasteiger partial charge is 0.105 e. The van der Waals surface area contributed by atoms with Crippen molar-refractivity contribution in [1.82, 2.24) is 9.55 Å². The summed E-state index contributed by atoms with van der Waals surface area (Å²) >= 11 is 0. The lowest BCUT2D eigenvalue weighted by molar-refractivity contribution is 0.778. The molecule has 0 spiro atoms. The molecule has 2 nitrogen and oxygen atoms in total. The Labute approximate surface area is 55.5 Å². The van der Waals surface area contributed by atoms with Gasteiger partial charge in [-0.05, 0) is 20.8 Å². The van der Waals surface area contributed by atoms with Crippen molar-refractivity contribution in [2.24, 2.45) is 0 Å². The van der Waals surface area contributed by atoms with Crippen molar-refractivity contribution < 1.29 is 0 Å². The Bertz CT molecular complexity index is 201. The number of aromatic nitrogens is 2. The third-order valence-corrected chi connectivity index (χ3v) is 1.34. The summed E-state index contributed by atoms with van der Waals surface area (Å²) in [6.45, 7) is 8.49. The van der Waals surface area contributed by atoms with Gasteiger partial charge in [0.1, 0.15) is 5.82 Å². The molecular weight excluding hydrogens is 112 g/mol. The first-order valence-corrected chi connectivity index (χ1v) is 3.03. The molecule has 0 aliphatic carbocycles. The molecular formula is C7H11N2. The number of hydrogen-bond acceptors (Lipinski definition) is 1. The number of nitrogens with zero attached hydrogens (tertiary/aromatic N) is 2. The monoisotopic (exact) mass is 123 g/mol. The lowest BCUT2D eigenvalue weighted by atomic mass is 10.6. The van der Waals surface area contributed by atoms with Crippen molar-refractivity contribution in [3.05, 3.63) is 24.6 Å². The van der Waals surface area contributed by atoms with Gasteiger partial charge in [0.2, 0.25) is 0 Å². The molecule has 0 aliphatic heterocycles. The molecule has 9 heavy (non-hydrogen) atoms. The van der Waals surface area contributed by atoms with Crippen LogP contribution in [0.1, 0.15) is 11.5 Å². The molecule has 0 aromatic carbocycles. The van der Waals surface area contributed by atoms with Gasteiger partial charge in [-0.15, -0.1) is 0 Å². The van der Waals surface area contributed by atoms with Gasteiger partial charge in [0, 0.05) is 12.7 Å². The van der Waals surface area contributed by atoms with Gasteiger partial charge in [-0.2, -0.15) is 0 Å². The summed E-state index contributed by atoms with van der Waals surface area (Å²) < 4.78 is 2.02. The molecule has 0 saturated carbocycles. The molecule has 2 heteroatoms. The standard InChI is InChI=1S/C7H11N2/c1-4-9-5-6(2)8-7(9)3/h5H,1,4H2,2-3H3. The van der Waals surface area contributed by atoms with E-state index in [0.29, 0.717) is 0 Å². The minimum absolute atomic E-state index is 0.771. The first-order valence-electron chi connectivity index (χ1n) is 3.03. The second-order valence-corrected chi connectivity index (χ2v) is 2.12. The Balaban J connectivity index is 3.01. The number of hydrogen-bond donors (Lipinski definition) is 0. The highest BCUT2D eigenvalue weighted by atomic mass is 15.1. The molecule has 0 amide bonds. The molecule has 1 radical (unpaired) electrons. The predicted octanol–water partition coefficient (Wildman–Crippen LogP) is 1.33. The van der Waals surface area contributed by atoms with Crippen LogP contribution in [-0.2, 0) is 6.54 Å². The van der Waals surface area contributed by atoms with E-state index in [4.69, 9.17) is 0 Å².